The van der Waals surface area contributed by atoms with Gasteiger partial charge in [-0.05, 0) is 102 Å². The van der Waals surface area contributed by atoms with Crippen molar-refractivity contribution >= 4 is 21.8 Å². The quantitative estimate of drug-likeness (QED) is 0.149. The number of benzene rings is 6. The van der Waals surface area contributed by atoms with Crippen LogP contribution in [0.2, 0.25) is 0 Å². The van der Waals surface area contributed by atoms with Crippen LogP contribution in [0.4, 0.5) is 0 Å². The molecule has 6 aromatic carbocycles. The zero-order chi connectivity index (χ0) is 39.1. The third-order valence-electron chi connectivity index (χ3n) is 12.6. The molecule has 3 nitrogen and oxygen atoms in total. The first-order valence-corrected chi connectivity index (χ1v) is 20.7. The molecule has 291 valence electrons. The molecule has 0 saturated carbocycles. The van der Waals surface area contributed by atoms with Crippen LogP contribution < -0.4 is 0 Å². The van der Waals surface area contributed by atoms with Crippen molar-refractivity contribution in [3.05, 3.63) is 216 Å². The fraction of sp³-hybridized carbons (Fsp3) is 0.164. The summed E-state index contributed by atoms with van der Waals surface area (Å²) < 4.78 is 2.58. The molecule has 3 unspecified atom stereocenters. The summed E-state index contributed by atoms with van der Waals surface area (Å²) in [6, 6.07) is 65.8. The number of para-hydroxylation sites is 2. The van der Waals surface area contributed by atoms with Gasteiger partial charge in [0.25, 0.3) is 0 Å². The van der Waals surface area contributed by atoms with Crippen LogP contribution in [0.15, 0.2) is 176 Å². The predicted molar refractivity (Wildman–Crippen MR) is 239 cm³/mol. The molecule has 59 heavy (non-hydrogen) atoms. The minimum Gasteiger partial charge on any atom is -0.338 e. The van der Waals surface area contributed by atoms with Crippen molar-refractivity contribution in [2.75, 3.05) is 0 Å². The van der Waals surface area contributed by atoms with Crippen LogP contribution in [0, 0.1) is 12.1 Å². The van der Waals surface area contributed by atoms with Crippen molar-refractivity contribution in [3.63, 3.8) is 0 Å². The minimum atomic E-state index is -0.0441. The van der Waals surface area contributed by atoms with Crippen molar-refractivity contribution < 1.29 is 20.1 Å². The molecule has 3 aromatic heterocycles. The van der Waals surface area contributed by atoms with E-state index < -0.39 is 0 Å². The van der Waals surface area contributed by atoms with Gasteiger partial charge < -0.3 is 14.5 Å². The van der Waals surface area contributed by atoms with Gasteiger partial charge in [0.05, 0.1) is 0 Å². The molecule has 2 aliphatic carbocycles. The first kappa shape index (κ1) is 38.6. The number of nitrogens with zero attached hydrogens (tertiary/aromatic N) is 3. The summed E-state index contributed by atoms with van der Waals surface area (Å²) in [7, 11) is 0. The monoisotopic (exact) mass is 940 g/mol. The molecule has 9 aromatic rings. The van der Waals surface area contributed by atoms with Gasteiger partial charge in [-0.25, -0.2) is 0 Å². The average molecular weight is 940 g/mol. The molecule has 0 saturated heterocycles. The second-order valence-electron chi connectivity index (χ2n) is 16.0. The summed E-state index contributed by atoms with van der Waals surface area (Å²) in [6.45, 7) is 4.77. The molecule has 1 radical (unpaired) electrons. The summed E-state index contributed by atoms with van der Waals surface area (Å²) in [5, 5.41) is 2.69. The van der Waals surface area contributed by atoms with E-state index in [1.54, 1.807) is 6.20 Å². The van der Waals surface area contributed by atoms with Gasteiger partial charge in [0.2, 0.25) is 0 Å². The first-order chi connectivity index (χ1) is 28.6. The molecule has 2 aliphatic rings. The van der Waals surface area contributed by atoms with Crippen LogP contribution in [-0.2, 0) is 38.4 Å². The van der Waals surface area contributed by atoms with Gasteiger partial charge in [-0.15, -0.1) is 70.8 Å². The Labute approximate surface area is 361 Å². The Morgan fingerprint density at radius 3 is 1.92 bits per heavy atom. The third kappa shape index (κ3) is 6.95. The second kappa shape index (κ2) is 16.4. The second-order valence-corrected chi connectivity index (χ2v) is 16.0. The Morgan fingerprint density at radius 1 is 0.610 bits per heavy atom. The van der Waals surface area contributed by atoms with E-state index in [0.29, 0.717) is 12.0 Å². The maximum atomic E-state index is 4.62. The molecule has 11 rings (SSSR count). The summed E-state index contributed by atoms with van der Waals surface area (Å²) in [4.78, 5) is 8.84. The van der Waals surface area contributed by atoms with E-state index in [9.17, 15) is 0 Å². The zero-order valence-electron chi connectivity index (χ0n) is 33.4. The topological polar surface area (TPSA) is 30.7 Å². The Balaban J connectivity index is 0.000000297. The van der Waals surface area contributed by atoms with Crippen molar-refractivity contribution in [2.24, 2.45) is 0 Å². The molecule has 3 atom stereocenters. The molecule has 3 heterocycles. The van der Waals surface area contributed by atoms with Crippen molar-refractivity contribution in [1.82, 2.24) is 14.5 Å². The van der Waals surface area contributed by atoms with Crippen LogP contribution in [0.25, 0.3) is 55.4 Å². The van der Waals surface area contributed by atoms with E-state index in [0.717, 1.165) is 48.2 Å². The van der Waals surface area contributed by atoms with E-state index in [-0.39, 0.29) is 25.5 Å². The van der Waals surface area contributed by atoms with Crippen LogP contribution in [0.3, 0.4) is 0 Å². The summed E-state index contributed by atoms with van der Waals surface area (Å²) in [6.07, 6.45) is 7.90. The standard InChI is InChI=1S/C44H37N2.C11H8N.Ir/c1-3-30(24-29(2)46-42-17-8-5-13-37(42)38-14-6-9-18-43(38)46)31-21-22-36-35-12-4-7-15-39(35)44(40(36)26-31)27-33-20-19-32(25-34(33)28-44)41-16-10-11-23-45-41;1-2-6-10(7-3-1)11-8-4-5-9-12-11;/h4-18,20-23,25-26,29-30H,3,24,27-28H2,1-2H3;1-6,8-9H;/q2*-1;. The number of aromatic nitrogens is 3. The summed E-state index contributed by atoms with van der Waals surface area (Å²) in [5.41, 5.74) is 16.8. The maximum absolute atomic E-state index is 4.62. The summed E-state index contributed by atoms with van der Waals surface area (Å²) >= 11 is 0. The van der Waals surface area contributed by atoms with Crippen LogP contribution in [0.1, 0.15) is 66.5 Å². The van der Waals surface area contributed by atoms with Crippen molar-refractivity contribution in [2.45, 2.75) is 56.9 Å². The SMILES string of the molecule is CCC(CC(C)n1c2ccccc2c2ccccc21)c1ccc2c(c1)C1(Cc3c[c-]c(-c4ccccn4)cc3C1)c1ccccc1-2.[Ir].[c-]1ccccc1-c1ccccn1. The number of hydrogen-bond donors (Lipinski definition) is 0. The van der Waals surface area contributed by atoms with Gasteiger partial charge in [-0.1, -0.05) is 110 Å². The van der Waals surface area contributed by atoms with Gasteiger partial charge in [0, 0.05) is 65.8 Å². The Hall–Kier alpha value is -5.93. The number of rotatable bonds is 7. The van der Waals surface area contributed by atoms with Gasteiger partial charge in [-0.3, -0.25) is 0 Å². The fourth-order valence-corrected chi connectivity index (χ4v) is 9.94. The van der Waals surface area contributed by atoms with E-state index >= 15 is 0 Å². The Bertz CT molecular complexity index is 2790. The van der Waals surface area contributed by atoms with Crippen LogP contribution >= 0.6 is 0 Å². The van der Waals surface area contributed by atoms with Crippen LogP contribution in [0.5, 0.6) is 0 Å². The first-order valence-electron chi connectivity index (χ1n) is 20.7. The van der Waals surface area contributed by atoms with Gasteiger partial charge >= 0.3 is 0 Å². The molecular formula is C55H45IrN3-2. The normalized spacial score (nSPS) is 15.8. The Morgan fingerprint density at radius 2 is 1.24 bits per heavy atom. The van der Waals surface area contributed by atoms with Crippen molar-refractivity contribution in [1.29, 1.82) is 0 Å². The predicted octanol–water partition coefficient (Wildman–Crippen LogP) is 13.4. The minimum absolute atomic E-state index is 0. The summed E-state index contributed by atoms with van der Waals surface area (Å²) in [5.74, 6) is 0.467. The largest absolute Gasteiger partial charge is 0.338 e. The molecular weight excluding hydrogens is 895 g/mol. The third-order valence-corrected chi connectivity index (χ3v) is 12.6. The maximum Gasteiger partial charge on any atom is 0.0493 e. The molecule has 0 bridgehead atoms. The van der Waals surface area contributed by atoms with Gasteiger partial charge in [0.15, 0.2) is 0 Å². The molecule has 4 heteroatoms. The smallest absolute Gasteiger partial charge is 0.0493 e. The number of hydrogen-bond acceptors (Lipinski definition) is 2. The van der Waals surface area contributed by atoms with E-state index in [1.807, 2.05) is 54.7 Å². The van der Waals surface area contributed by atoms with Gasteiger partial charge in [0.1, 0.15) is 0 Å². The molecule has 1 spiro atoms. The van der Waals surface area contributed by atoms with E-state index in [2.05, 4.69) is 156 Å². The molecule has 0 fully saturated rings. The molecule has 0 N–H and O–H groups in total. The Kier molecular flexibility index (Phi) is 10.7. The van der Waals surface area contributed by atoms with Crippen LogP contribution in [-0.4, -0.2) is 14.5 Å². The molecule has 0 amide bonds. The van der Waals surface area contributed by atoms with Gasteiger partial charge in [-0.2, -0.15) is 0 Å². The fourth-order valence-electron chi connectivity index (χ4n) is 9.94. The molecule has 0 aliphatic heterocycles. The van der Waals surface area contributed by atoms with E-state index in [4.69, 9.17) is 0 Å². The van der Waals surface area contributed by atoms with E-state index in [1.165, 1.54) is 60.8 Å². The number of pyridine rings is 2. The number of fused-ring (bicyclic) bond motifs is 9. The average Bonchev–Trinajstić information content (AvgIpc) is 3.94. The van der Waals surface area contributed by atoms with Crippen molar-refractivity contribution in [3.8, 4) is 33.6 Å². The zero-order valence-corrected chi connectivity index (χ0v) is 35.8.